The van der Waals surface area contributed by atoms with Gasteiger partial charge in [0.05, 0.1) is 6.04 Å². The molecule has 0 aliphatic carbocycles. The zero-order valence-electron chi connectivity index (χ0n) is 11.7. The largest absolute Gasteiger partial charge is 0.384 e. The lowest BCUT2D eigenvalue weighted by molar-refractivity contribution is -0.136. The third kappa shape index (κ3) is 3.45. The van der Waals surface area contributed by atoms with E-state index in [0.717, 1.165) is 45.5 Å². The molecule has 2 heterocycles. The van der Waals surface area contributed by atoms with Gasteiger partial charge in [0.15, 0.2) is 0 Å². The molecule has 0 aromatic rings. The molecule has 2 fully saturated rings. The first-order valence-electron chi connectivity index (χ1n) is 7.21. The Kier molecular flexibility index (Phi) is 5.01. The van der Waals surface area contributed by atoms with Crippen LogP contribution in [0.5, 0.6) is 0 Å². The summed E-state index contributed by atoms with van der Waals surface area (Å²) in [5.74, 6) is 1.63. The third-order valence-corrected chi connectivity index (χ3v) is 4.29. The van der Waals surface area contributed by atoms with Crippen molar-refractivity contribution in [1.29, 1.82) is 0 Å². The highest BCUT2D eigenvalue weighted by Crippen LogP contribution is 2.21. The number of hydrogen-bond donors (Lipinski definition) is 1. The fourth-order valence-electron chi connectivity index (χ4n) is 3.07. The summed E-state index contributed by atoms with van der Waals surface area (Å²) in [4.78, 5) is 14.4. The number of ether oxygens (including phenoxy) is 1. The number of nitrogens with one attached hydrogen (secondary N) is 1. The number of carbonyl (C=O) groups is 1. The van der Waals surface area contributed by atoms with Crippen LogP contribution in [0.1, 0.15) is 32.6 Å². The van der Waals surface area contributed by atoms with E-state index in [1.54, 1.807) is 7.11 Å². The molecule has 2 aliphatic heterocycles. The maximum absolute atomic E-state index is 12.4. The van der Waals surface area contributed by atoms with Crippen LogP contribution in [0.2, 0.25) is 0 Å². The van der Waals surface area contributed by atoms with Gasteiger partial charge in [0.25, 0.3) is 0 Å². The van der Waals surface area contributed by atoms with Crippen molar-refractivity contribution in [1.82, 2.24) is 10.2 Å². The number of amides is 1. The normalized spacial score (nSPS) is 30.4. The van der Waals surface area contributed by atoms with Crippen molar-refractivity contribution in [3.63, 3.8) is 0 Å². The second-order valence-corrected chi connectivity index (χ2v) is 5.86. The third-order valence-electron chi connectivity index (χ3n) is 4.29. The fraction of sp³-hybridized carbons (Fsp3) is 0.929. The highest BCUT2D eigenvalue weighted by atomic mass is 16.5. The zero-order valence-corrected chi connectivity index (χ0v) is 11.7. The van der Waals surface area contributed by atoms with Crippen LogP contribution in [0, 0.1) is 11.8 Å². The van der Waals surface area contributed by atoms with Crippen LogP contribution < -0.4 is 5.32 Å². The minimum absolute atomic E-state index is 0.0627. The molecular formula is C14H26N2O2. The standard InChI is InChI=1S/C14H26N2O2/c1-11-3-6-15-13(9-11)14(17)16-7-4-12(5-8-16)10-18-2/h11-13,15H,3-10H2,1-2H3. The van der Waals surface area contributed by atoms with Gasteiger partial charge in [0.1, 0.15) is 0 Å². The number of nitrogens with zero attached hydrogens (tertiary/aromatic N) is 1. The van der Waals surface area contributed by atoms with Crippen molar-refractivity contribution in [2.75, 3.05) is 33.4 Å². The maximum Gasteiger partial charge on any atom is 0.239 e. The van der Waals surface area contributed by atoms with Crippen LogP contribution in [0.3, 0.4) is 0 Å². The van der Waals surface area contributed by atoms with E-state index in [0.29, 0.717) is 17.7 Å². The molecule has 0 radical (unpaired) electrons. The van der Waals surface area contributed by atoms with Crippen molar-refractivity contribution in [2.24, 2.45) is 11.8 Å². The van der Waals surface area contributed by atoms with E-state index in [9.17, 15) is 4.79 Å². The summed E-state index contributed by atoms with van der Waals surface area (Å²) in [5, 5.41) is 3.37. The number of rotatable bonds is 3. The molecule has 0 spiro atoms. The van der Waals surface area contributed by atoms with Gasteiger partial charge in [-0.2, -0.15) is 0 Å². The first kappa shape index (κ1) is 13.8. The Balaban J connectivity index is 1.80. The summed E-state index contributed by atoms with van der Waals surface area (Å²) in [6.45, 7) is 5.86. The predicted octanol–water partition coefficient (Wildman–Crippen LogP) is 1.26. The Morgan fingerprint density at radius 3 is 2.67 bits per heavy atom. The van der Waals surface area contributed by atoms with Gasteiger partial charge in [-0.1, -0.05) is 6.92 Å². The lowest BCUT2D eigenvalue weighted by Gasteiger charge is -2.36. The second kappa shape index (κ2) is 6.53. The Morgan fingerprint density at radius 2 is 2.06 bits per heavy atom. The van der Waals surface area contributed by atoms with Crippen molar-refractivity contribution >= 4 is 5.91 Å². The van der Waals surface area contributed by atoms with Gasteiger partial charge in [-0.05, 0) is 44.1 Å². The molecule has 2 rings (SSSR count). The van der Waals surface area contributed by atoms with Gasteiger partial charge < -0.3 is 15.0 Å². The number of likely N-dealkylation sites (tertiary alicyclic amines) is 1. The average Bonchev–Trinajstić information content (AvgIpc) is 2.39. The Morgan fingerprint density at radius 1 is 1.33 bits per heavy atom. The molecule has 4 nitrogen and oxygen atoms in total. The summed E-state index contributed by atoms with van der Waals surface area (Å²) < 4.78 is 5.19. The summed E-state index contributed by atoms with van der Waals surface area (Å²) in [6.07, 6.45) is 4.36. The average molecular weight is 254 g/mol. The molecule has 0 saturated carbocycles. The van der Waals surface area contributed by atoms with Gasteiger partial charge >= 0.3 is 0 Å². The Bertz CT molecular complexity index is 275. The van der Waals surface area contributed by atoms with Crippen molar-refractivity contribution < 1.29 is 9.53 Å². The van der Waals surface area contributed by atoms with Crippen molar-refractivity contribution in [3.8, 4) is 0 Å². The highest BCUT2D eigenvalue weighted by molar-refractivity contribution is 5.82. The SMILES string of the molecule is COCC1CCN(C(=O)C2CC(C)CCN2)CC1. The number of hydrogen-bond acceptors (Lipinski definition) is 3. The molecule has 0 aromatic carbocycles. The fourth-order valence-corrected chi connectivity index (χ4v) is 3.07. The van der Waals surface area contributed by atoms with E-state index >= 15 is 0 Å². The van der Waals surface area contributed by atoms with E-state index in [2.05, 4.69) is 12.2 Å². The molecule has 18 heavy (non-hydrogen) atoms. The molecule has 104 valence electrons. The van der Waals surface area contributed by atoms with Gasteiger partial charge in [-0.3, -0.25) is 4.79 Å². The number of piperidine rings is 2. The minimum Gasteiger partial charge on any atom is -0.384 e. The molecule has 1 N–H and O–H groups in total. The van der Waals surface area contributed by atoms with Crippen molar-refractivity contribution in [3.05, 3.63) is 0 Å². The van der Waals surface area contributed by atoms with Crippen LogP contribution in [0.4, 0.5) is 0 Å². The van der Waals surface area contributed by atoms with Crippen LogP contribution >= 0.6 is 0 Å². The van der Waals surface area contributed by atoms with E-state index in [-0.39, 0.29) is 6.04 Å². The first-order valence-corrected chi connectivity index (χ1v) is 7.21. The molecule has 2 unspecified atom stereocenters. The number of methoxy groups -OCH3 is 1. The first-order chi connectivity index (χ1) is 8.70. The van der Waals surface area contributed by atoms with E-state index in [1.807, 2.05) is 4.90 Å². The maximum atomic E-state index is 12.4. The summed E-state index contributed by atoms with van der Waals surface area (Å²) in [7, 11) is 1.75. The highest BCUT2D eigenvalue weighted by Gasteiger charge is 2.30. The molecular weight excluding hydrogens is 228 g/mol. The topological polar surface area (TPSA) is 41.6 Å². The van der Waals surface area contributed by atoms with Crippen LogP contribution in [-0.4, -0.2) is 50.2 Å². The Labute approximate surface area is 110 Å². The molecule has 2 aliphatic rings. The van der Waals surface area contributed by atoms with Crippen molar-refractivity contribution in [2.45, 2.75) is 38.6 Å². The summed E-state index contributed by atoms with van der Waals surface area (Å²) in [5.41, 5.74) is 0. The van der Waals surface area contributed by atoms with E-state index in [4.69, 9.17) is 4.74 Å². The van der Waals surface area contributed by atoms with Gasteiger partial charge in [-0.25, -0.2) is 0 Å². The van der Waals surface area contributed by atoms with Gasteiger partial charge in [0, 0.05) is 26.8 Å². The lowest BCUT2D eigenvalue weighted by Crippen LogP contribution is -2.52. The summed E-state index contributed by atoms with van der Waals surface area (Å²) >= 11 is 0. The molecule has 1 amide bonds. The number of carbonyl (C=O) groups excluding carboxylic acids is 1. The molecule has 0 bridgehead atoms. The van der Waals surface area contributed by atoms with E-state index < -0.39 is 0 Å². The molecule has 2 atom stereocenters. The molecule has 0 aromatic heterocycles. The monoisotopic (exact) mass is 254 g/mol. The molecule has 2 saturated heterocycles. The second-order valence-electron chi connectivity index (χ2n) is 5.86. The summed E-state index contributed by atoms with van der Waals surface area (Å²) in [6, 6.07) is 0.0627. The van der Waals surface area contributed by atoms with E-state index in [1.165, 1.54) is 6.42 Å². The quantitative estimate of drug-likeness (QED) is 0.824. The zero-order chi connectivity index (χ0) is 13.0. The lowest BCUT2D eigenvalue weighted by atomic mass is 9.92. The van der Waals surface area contributed by atoms with Gasteiger partial charge in [0.2, 0.25) is 5.91 Å². The van der Waals surface area contributed by atoms with Crippen LogP contribution in [0.25, 0.3) is 0 Å². The predicted molar refractivity (Wildman–Crippen MR) is 71.4 cm³/mol. The van der Waals surface area contributed by atoms with Crippen LogP contribution in [0.15, 0.2) is 0 Å². The Hall–Kier alpha value is -0.610. The molecule has 4 heteroatoms. The minimum atomic E-state index is 0.0627. The van der Waals surface area contributed by atoms with Crippen LogP contribution in [-0.2, 0) is 9.53 Å². The van der Waals surface area contributed by atoms with Gasteiger partial charge in [-0.15, -0.1) is 0 Å². The smallest absolute Gasteiger partial charge is 0.239 e.